The van der Waals surface area contributed by atoms with Crippen LogP contribution in [-0.4, -0.2) is 4.57 Å². The molecule has 0 N–H and O–H groups in total. The fourth-order valence-corrected chi connectivity index (χ4v) is 10.8. The van der Waals surface area contributed by atoms with Gasteiger partial charge in [0.15, 0.2) is 0 Å². The minimum Gasteiger partial charge on any atom is -0.310 e. The summed E-state index contributed by atoms with van der Waals surface area (Å²) in [4.78, 5) is 2.45. The van der Waals surface area contributed by atoms with Crippen LogP contribution in [-0.2, 0) is 6.42 Å². The zero-order valence-electron chi connectivity index (χ0n) is 36.4. The first-order chi connectivity index (χ1) is 32.7. The number of allylic oxidation sites excluding steroid dienone is 1. The number of rotatable bonds is 7. The molecule has 1 heterocycles. The van der Waals surface area contributed by atoms with E-state index in [0.29, 0.717) is 0 Å². The molecule has 0 atom stereocenters. The third-order valence-corrected chi connectivity index (χ3v) is 13.8. The van der Waals surface area contributed by atoms with Crippen LogP contribution in [0.2, 0.25) is 0 Å². The third kappa shape index (κ3) is 6.25. The Labute approximate surface area is 384 Å². The summed E-state index contributed by atoms with van der Waals surface area (Å²) in [5.74, 6) is 0. The van der Waals surface area contributed by atoms with Crippen molar-refractivity contribution < 1.29 is 0 Å². The van der Waals surface area contributed by atoms with Gasteiger partial charge in [0.05, 0.1) is 16.7 Å². The van der Waals surface area contributed by atoms with E-state index in [1.807, 2.05) is 0 Å². The van der Waals surface area contributed by atoms with Gasteiger partial charge in [0.1, 0.15) is 0 Å². The van der Waals surface area contributed by atoms with E-state index in [4.69, 9.17) is 0 Å². The van der Waals surface area contributed by atoms with Gasteiger partial charge in [0.2, 0.25) is 0 Å². The number of fused-ring (bicyclic) bond motifs is 8. The van der Waals surface area contributed by atoms with Crippen molar-refractivity contribution in [1.82, 2.24) is 4.57 Å². The van der Waals surface area contributed by atoms with E-state index in [0.717, 1.165) is 35.6 Å². The Bertz CT molecular complexity index is 3880. The van der Waals surface area contributed by atoms with E-state index in [9.17, 15) is 0 Å². The minimum absolute atomic E-state index is 1.05. The van der Waals surface area contributed by atoms with Crippen molar-refractivity contribution in [1.29, 1.82) is 0 Å². The lowest BCUT2D eigenvalue weighted by atomic mass is 9.87. The smallest absolute Gasteiger partial charge is 0.0547 e. The molecule has 0 fully saturated rings. The van der Waals surface area contributed by atoms with Gasteiger partial charge in [0.25, 0.3) is 0 Å². The van der Waals surface area contributed by atoms with E-state index in [1.165, 1.54) is 98.6 Å². The highest BCUT2D eigenvalue weighted by molar-refractivity contribution is 6.21. The van der Waals surface area contributed by atoms with Crippen molar-refractivity contribution in [3.63, 3.8) is 0 Å². The standard InChI is InChI=1S/C64H44N2/c1-4-24-52-44(15-1)18-13-30-54(52)48-21-12-22-50(42-48)65(62-40-38-58(57-27-7-8-28-59(57)62)56-31-14-19-45-16-2-5-25-53(45)56)49-36-33-43(34-37-49)47-20-11-23-51(41-47)66-61-32-10-9-29-60(61)64-55-26-6-3-17-46(55)35-39-63(64)66/h1-4,6-24,26-42H,5,25H2. The van der Waals surface area contributed by atoms with Crippen molar-refractivity contribution >= 4 is 77.3 Å². The summed E-state index contributed by atoms with van der Waals surface area (Å²) >= 11 is 0. The quantitative estimate of drug-likeness (QED) is 0.155. The summed E-state index contributed by atoms with van der Waals surface area (Å²) in [6.07, 6.45) is 6.71. The van der Waals surface area contributed by atoms with Crippen molar-refractivity contribution in [2.75, 3.05) is 4.90 Å². The first kappa shape index (κ1) is 38.0. The molecule has 66 heavy (non-hydrogen) atoms. The van der Waals surface area contributed by atoms with Gasteiger partial charge < -0.3 is 9.47 Å². The van der Waals surface area contributed by atoms with E-state index in [1.54, 1.807) is 0 Å². The molecule has 0 bridgehead atoms. The first-order valence-electron chi connectivity index (χ1n) is 23.1. The molecule has 13 rings (SSSR count). The van der Waals surface area contributed by atoms with Crippen molar-refractivity contribution in [2.24, 2.45) is 0 Å². The summed E-state index contributed by atoms with van der Waals surface area (Å²) in [7, 11) is 0. The molecule has 12 aromatic rings. The Morgan fingerprint density at radius 3 is 1.94 bits per heavy atom. The van der Waals surface area contributed by atoms with Crippen molar-refractivity contribution in [3.8, 4) is 39.1 Å². The van der Waals surface area contributed by atoms with Crippen LogP contribution in [0.4, 0.5) is 17.1 Å². The topological polar surface area (TPSA) is 8.17 Å². The van der Waals surface area contributed by atoms with Crippen LogP contribution in [0, 0.1) is 0 Å². The average Bonchev–Trinajstić information content (AvgIpc) is 3.74. The molecule has 0 aliphatic heterocycles. The largest absolute Gasteiger partial charge is 0.310 e. The van der Waals surface area contributed by atoms with Gasteiger partial charge in [0, 0.05) is 33.2 Å². The summed E-state index contributed by atoms with van der Waals surface area (Å²) in [5.41, 5.74) is 17.0. The number of benzene rings is 11. The third-order valence-electron chi connectivity index (χ3n) is 13.8. The van der Waals surface area contributed by atoms with Crippen LogP contribution in [0.1, 0.15) is 17.5 Å². The minimum atomic E-state index is 1.05. The second-order valence-corrected chi connectivity index (χ2v) is 17.5. The van der Waals surface area contributed by atoms with Gasteiger partial charge in [-0.05, 0) is 139 Å². The van der Waals surface area contributed by atoms with Gasteiger partial charge >= 0.3 is 0 Å². The van der Waals surface area contributed by atoms with Gasteiger partial charge in [-0.15, -0.1) is 0 Å². The number of nitrogens with zero attached hydrogens (tertiary/aromatic N) is 2. The molecule has 0 unspecified atom stereocenters. The number of hydrogen-bond donors (Lipinski definition) is 0. The van der Waals surface area contributed by atoms with Crippen LogP contribution in [0.3, 0.4) is 0 Å². The molecule has 2 heteroatoms. The van der Waals surface area contributed by atoms with Crippen LogP contribution >= 0.6 is 0 Å². The molecule has 1 aliphatic rings. The lowest BCUT2D eigenvalue weighted by Gasteiger charge is -2.28. The monoisotopic (exact) mass is 840 g/mol. The molecule has 0 saturated heterocycles. The Morgan fingerprint density at radius 1 is 0.379 bits per heavy atom. The van der Waals surface area contributed by atoms with Crippen LogP contribution in [0.25, 0.3) is 99.3 Å². The predicted octanol–water partition coefficient (Wildman–Crippen LogP) is 17.7. The number of para-hydroxylation sites is 1. The van der Waals surface area contributed by atoms with E-state index in [-0.39, 0.29) is 0 Å². The summed E-state index contributed by atoms with van der Waals surface area (Å²) in [6.45, 7) is 0. The first-order valence-corrected chi connectivity index (χ1v) is 23.1. The highest BCUT2D eigenvalue weighted by atomic mass is 15.1. The van der Waals surface area contributed by atoms with E-state index in [2.05, 4.69) is 252 Å². The second-order valence-electron chi connectivity index (χ2n) is 17.5. The molecule has 1 aliphatic carbocycles. The van der Waals surface area contributed by atoms with Crippen molar-refractivity contribution in [3.05, 3.63) is 248 Å². The van der Waals surface area contributed by atoms with Crippen LogP contribution in [0.5, 0.6) is 0 Å². The number of anilines is 3. The highest BCUT2D eigenvalue weighted by Crippen LogP contribution is 2.45. The van der Waals surface area contributed by atoms with Gasteiger partial charge in [-0.1, -0.05) is 188 Å². The summed E-state index contributed by atoms with van der Waals surface area (Å²) in [6, 6.07) is 85.0. The SMILES string of the molecule is C1=Cc2cccc(-c3ccc(N(c4ccc(-c5cccc(-n6c7ccccc7c7c8ccccc8ccc76)c5)cc4)c4cccc(-c5cccc6ccccc56)c4)c4ccccc34)c2CC1. The molecule has 11 aromatic carbocycles. The molecule has 0 radical (unpaired) electrons. The zero-order chi connectivity index (χ0) is 43.6. The van der Waals surface area contributed by atoms with Gasteiger partial charge in [-0.25, -0.2) is 0 Å². The predicted molar refractivity (Wildman–Crippen MR) is 282 cm³/mol. The number of aromatic nitrogens is 1. The molecule has 0 saturated carbocycles. The van der Waals surface area contributed by atoms with Crippen LogP contribution in [0.15, 0.2) is 237 Å². The number of hydrogen-bond acceptors (Lipinski definition) is 1. The fourth-order valence-electron chi connectivity index (χ4n) is 10.8. The second kappa shape index (κ2) is 15.7. The highest BCUT2D eigenvalue weighted by Gasteiger charge is 2.21. The fraction of sp³-hybridized carbons (Fsp3) is 0.0312. The summed E-state index contributed by atoms with van der Waals surface area (Å²) in [5, 5.41) is 10.1. The maximum Gasteiger partial charge on any atom is 0.0547 e. The zero-order valence-corrected chi connectivity index (χ0v) is 36.4. The molecule has 0 spiro atoms. The Kier molecular flexibility index (Phi) is 9.02. The van der Waals surface area contributed by atoms with Gasteiger partial charge in [-0.2, -0.15) is 0 Å². The summed E-state index contributed by atoms with van der Waals surface area (Å²) < 4.78 is 2.43. The lowest BCUT2D eigenvalue weighted by molar-refractivity contribution is 0.988. The molecular weight excluding hydrogens is 797 g/mol. The van der Waals surface area contributed by atoms with E-state index >= 15 is 0 Å². The molecule has 310 valence electrons. The Morgan fingerprint density at radius 2 is 1.06 bits per heavy atom. The van der Waals surface area contributed by atoms with Crippen molar-refractivity contribution in [2.45, 2.75) is 12.8 Å². The average molecular weight is 841 g/mol. The maximum atomic E-state index is 2.45. The Balaban J connectivity index is 0.955. The molecule has 0 amide bonds. The molecular formula is C64H44N2. The maximum absolute atomic E-state index is 2.45. The normalized spacial score (nSPS) is 12.4. The molecule has 2 nitrogen and oxygen atoms in total. The molecule has 1 aromatic heterocycles. The van der Waals surface area contributed by atoms with Gasteiger partial charge in [-0.3, -0.25) is 0 Å². The van der Waals surface area contributed by atoms with Crippen LogP contribution < -0.4 is 4.90 Å². The lowest BCUT2D eigenvalue weighted by Crippen LogP contribution is -2.11. The Hall–Kier alpha value is -8.46. The van der Waals surface area contributed by atoms with E-state index < -0.39 is 0 Å².